The van der Waals surface area contributed by atoms with Crippen molar-refractivity contribution in [1.82, 2.24) is 5.32 Å². The van der Waals surface area contributed by atoms with Gasteiger partial charge in [-0.1, -0.05) is 50.1 Å². The van der Waals surface area contributed by atoms with Gasteiger partial charge in [-0.25, -0.2) is 9.59 Å². The minimum atomic E-state index is -1.64. The summed E-state index contributed by atoms with van der Waals surface area (Å²) in [7, 11) is 0. The van der Waals surface area contributed by atoms with E-state index in [-0.39, 0.29) is 6.61 Å². The number of carbonyl (C=O) groups is 2. The number of unbranched alkanes of at least 4 members (excludes halogenated alkanes) is 1. The van der Waals surface area contributed by atoms with Gasteiger partial charge in [0.15, 0.2) is 6.10 Å². The Balaban J connectivity index is 2.49. The molecule has 0 spiro atoms. The molecule has 0 aliphatic carbocycles. The van der Waals surface area contributed by atoms with Crippen LogP contribution in [-0.4, -0.2) is 34.4 Å². The van der Waals surface area contributed by atoms with Crippen molar-refractivity contribution in [2.45, 2.75) is 44.9 Å². The quantitative estimate of drug-likeness (QED) is 0.681. The van der Waals surface area contributed by atoms with Gasteiger partial charge in [-0.05, 0) is 12.0 Å². The van der Waals surface area contributed by atoms with Crippen LogP contribution in [0.3, 0.4) is 0 Å². The van der Waals surface area contributed by atoms with E-state index in [0.29, 0.717) is 12.8 Å². The second-order valence-electron chi connectivity index (χ2n) is 4.74. The van der Waals surface area contributed by atoms with Crippen LogP contribution in [0.1, 0.15) is 31.7 Å². The molecule has 0 aromatic heterocycles. The van der Waals surface area contributed by atoms with Gasteiger partial charge in [-0.3, -0.25) is 0 Å². The van der Waals surface area contributed by atoms with Crippen molar-refractivity contribution in [3.63, 3.8) is 0 Å². The standard InChI is InChI=1S/C15H21NO5/c1-2-3-9-12(13(17)14(18)19)16-15(20)21-10-11-7-5-4-6-8-11/h4-8,12-13,17H,2-3,9-10H2,1H3,(H,16,20)(H,18,19). The maximum absolute atomic E-state index is 11.7. The zero-order valence-corrected chi connectivity index (χ0v) is 12.0. The lowest BCUT2D eigenvalue weighted by molar-refractivity contribution is -0.148. The number of carboxylic acid groups (broad SMARTS) is 1. The molecular weight excluding hydrogens is 274 g/mol. The van der Waals surface area contributed by atoms with Gasteiger partial charge in [0.2, 0.25) is 0 Å². The summed E-state index contributed by atoms with van der Waals surface area (Å²) in [6.07, 6.45) is -0.455. The smallest absolute Gasteiger partial charge is 0.407 e. The molecule has 0 saturated carbocycles. The number of amides is 1. The molecular formula is C15H21NO5. The summed E-state index contributed by atoms with van der Waals surface area (Å²) in [5.74, 6) is -1.36. The molecule has 0 radical (unpaired) electrons. The number of carbonyl (C=O) groups excluding carboxylic acids is 1. The zero-order valence-electron chi connectivity index (χ0n) is 12.0. The van der Waals surface area contributed by atoms with Gasteiger partial charge in [-0.2, -0.15) is 0 Å². The molecule has 1 aromatic rings. The lowest BCUT2D eigenvalue weighted by Gasteiger charge is -2.21. The van der Waals surface area contributed by atoms with Crippen LogP contribution in [0.15, 0.2) is 30.3 Å². The summed E-state index contributed by atoms with van der Waals surface area (Å²) in [4.78, 5) is 22.5. The number of rotatable bonds is 8. The van der Waals surface area contributed by atoms with Gasteiger partial charge in [0.1, 0.15) is 6.61 Å². The largest absolute Gasteiger partial charge is 0.479 e. The van der Waals surface area contributed by atoms with Crippen molar-refractivity contribution in [3.8, 4) is 0 Å². The first-order chi connectivity index (χ1) is 10.0. The Morgan fingerprint density at radius 3 is 2.52 bits per heavy atom. The van der Waals surface area contributed by atoms with Gasteiger partial charge in [-0.15, -0.1) is 0 Å². The SMILES string of the molecule is CCCCC(NC(=O)OCc1ccccc1)C(O)C(=O)O. The van der Waals surface area contributed by atoms with Crippen molar-refractivity contribution >= 4 is 12.1 Å². The van der Waals surface area contributed by atoms with Crippen molar-refractivity contribution in [1.29, 1.82) is 0 Å². The number of benzene rings is 1. The van der Waals surface area contributed by atoms with Gasteiger partial charge in [0.05, 0.1) is 6.04 Å². The molecule has 0 saturated heterocycles. The van der Waals surface area contributed by atoms with E-state index >= 15 is 0 Å². The average Bonchev–Trinajstić information content (AvgIpc) is 2.49. The van der Waals surface area contributed by atoms with E-state index in [1.165, 1.54) is 0 Å². The third-order valence-electron chi connectivity index (χ3n) is 3.02. The van der Waals surface area contributed by atoms with Crippen LogP contribution in [-0.2, 0) is 16.1 Å². The van der Waals surface area contributed by atoms with E-state index in [1.807, 2.05) is 37.3 Å². The molecule has 3 N–H and O–H groups in total. The van der Waals surface area contributed by atoms with Crippen LogP contribution in [0.2, 0.25) is 0 Å². The van der Waals surface area contributed by atoms with Crippen LogP contribution in [0.4, 0.5) is 4.79 Å². The van der Waals surface area contributed by atoms with Crippen molar-refractivity contribution in [2.75, 3.05) is 0 Å². The number of ether oxygens (including phenoxy) is 1. The monoisotopic (exact) mass is 295 g/mol. The maximum Gasteiger partial charge on any atom is 0.407 e. The molecule has 1 rings (SSSR count). The van der Waals surface area contributed by atoms with E-state index in [1.54, 1.807) is 0 Å². The lowest BCUT2D eigenvalue weighted by atomic mass is 10.0. The molecule has 0 aliphatic rings. The second kappa shape index (κ2) is 8.97. The highest BCUT2D eigenvalue weighted by atomic mass is 16.5. The molecule has 1 aromatic carbocycles. The number of aliphatic hydroxyl groups is 1. The fraction of sp³-hybridized carbons (Fsp3) is 0.467. The van der Waals surface area contributed by atoms with Crippen LogP contribution in [0, 0.1) is 0 Å². The first-order valence-electron chi connectivity index (χ1n) is 6.92. The Hall–Kier alpha value is -2.08. The Morgan fingerprint density at radius 2 is 1.95 bits per heavy atom. The molecule has 2 atom stereocenters. The summed E-state index contributed by atoms with van der Waals surface area (Å²) in [6.45, 7) is 2.04. The highest BCUT2D eigenvalue weighted by Crippen LogP contribution is 2.07. The Morgan fingerprint density at radius 1 is 1.29 bits per heavy atom. The number of nitrogens with one attached hydrogen (secondary N) is 1. The Bertz CT molecular complexity index is 449. The average molecular weight is 295 g/mol. The number of alkyl carbamates (subject to hydrolysis) is 1. The molecule has 6 nitrogen and oxygen atoms in total. The van der Waals surface area contributed by atoms with Gasteiger partial charge in [0, 0.05) is 0 Å². The maximum atomic E-state index is 11.7. The minimum absolute atomic E-state index is 0.0936. The third kappa shape index (κ3) is 6.27. The van der Waals surface area contributed by atoms with Gasteiger partial charge in [0.25, 0.3) is 0 Å². The van der Waals surface area contributed by atoms with E-state index in [4.69, 9.17) is 9.84 Å². The van der Waals surface area contributed by atoms with E-state index in [2.05, 4.69) is 5.32 Å². The molecule has 0 heterocycles. The molecule has 0 aliphatic heterocycles. The number of aliphatic carboxylic acids is 1. The Labute approximate surface area is 123 Å². The highest BCUT2D eigenvalue weighted by Gasteiger charge is 2.27. The fourth-order valence-electron chi connectivity index (χ4n) is 1.82. The van der Waals surface area contributed by atoms with Crippen LogP contribution in [0.25, 0.3) is 0 Å². The molecule has 0 fully saturated rings. The van der Waals surface area contributed by atoms with Crippen LogP contribution >= 0.6 is 0 Å². The molecule has 2 unspecified atom stereocenters. The third-order valence-corrected chi connectivity index (χ3v) is 3.02. The van der Waals surface area contributed by atoms with E-state index < -0.39 is 24.2 Å². The van der Waals surface area contributed by atoms with Crippen molar-refractivity contribution in [2.24, 2.45) is 0 Å². The van der Waals surface area contributed by atoms with E-state index in [9.17, 15) is 14.7 Å². The number of carboxylic acids is 1. The summed E-state index contributed by atoms with van der Waals surface area (Å²) in [6, 6.07) is 8.28. The van der Waals surface area contributed by atoms with Crippen molar-refractivity contribution < 1.29 is 24.5 Å². The molecule has 116 valence electrons. The molecule has 6 heteroatoms. The minimum Gasteiger partial charge on any atom is -0.479 e. The van der Waals surface area contributed by atoms with Gasteiger partial charge < -0.3 is 20.3 Å². The van der Waals surface area contributed by atoms with Crippen molar-refractivity contribution in [3.05, 3.63) is 35.9 Å². The van der Waals surface area contributed by atoms with Gasteiger partial charge >= 0.3 is 12.1 Å². The number of hydrogen-bond acceptors (Lipinski definition) is 4. The summed E-state index contributed by atoms with van der Waals surface area (Å²) in [5, 5.41) is 20.8. The molecule has 1 amide bonds. The predicted octanol–water partition coefficient (Wildman–Crippen LogP) is 1.92. The summed E-state index contributed by atoms with van der Waals surface area (Å²) in [5.41, 5.74) is 0.830. The molecule has 0 bridgehead atoms. The fourth-order valence-corrected chi connectivity index (χ4v) is 1.82. The van der Waals surface area contributed by atoms with Crippen LogP contribution < -0.4 is 5.32 Å². The van der Waals surface area contributed by atoms with Crippen LogP contribution in [0.5, 0.6) is 0 Å². The zero-order chi connectivity index (χ0) is 15.7. The summed E-state index contributed by atoms with van der Waals surface area (Å²) < 4.78 is 5.01. The topological polar surface area (TPSA) is 95.9 Å². The second-order valence-corrected chi connectivity index (χ2v) is 4.74. The summed E-state index contributed by atoms with van der Waals surface area (Å²) >= 11 is 0. The number of aliphatic hydroxyl groups excluding tert-OH is 1. The normalized spacial score (nSPS) is 13.2. The lowest BCUT2D eigenvalue weighted by Crippen LogP contribution is -2.47. The first kappa shape index (κ1) is 17.0. The Kier molecular flexibility index (Phi) is 7.25. The highest BCUT2D eigenvalue weighted by molar-refractivity contribution is 5.75. The van der Waals surface area contributed by atoms with E-state index in [0.717, 1.165) is 12.0 Å². The number of hydrogen-bond donors (Lipinski definition) is 3. The molecule has 21 heavy (non-hydrogen) atoms. The predicted molar refractivity (Wildman–Crippen MR) is 76.7 cm³/mol. The first-order valence-corrected chi connectivity index (χ1v) is 6.92.